The SMILES string of the molecule is CC(O)C(C)SCC(=O)Nc1ccc(C#N)c(Cl)c1. The third kappa shape index (κ3) is 5.11. The predicted octanol–water partition coefficient (Wildman–Crippen LogP) is 2.65. The Morgan fingerprint density at radius 1 is 1.58 bits per heavy atom. The highest BCUT2D eigenvalue weighted by Crippen LogP contribution is 2.21. The lowest BCUT2D eigenvalue weighted by Crippen LogP contribution is -2.20. The van der Waals surface area contributed by atoms with Gasteiger partial charge in [0.15, 0.2) is 0 Å². The number of benzene rings is 1. The van der Waals surface area contributed by atoms with Crippen molar-refractivity contribution in [1.82, 2.24) is 0 Å². The maximum Gasteiger partial charge on any atom is 0.234 e. The first-order valence-corrected chi connectivity index (χ1v) is 7.16. The van der Waals surface area contributed by atoms with E-state index in [0.717, 1.165) is 0 Å². The number of hydrogen-bond acceptors (Lipinski definition) is 4. The minimum atomic E-state index is -0.456. The van der Waals surface area contributed by atoms with Crippen LogP contribution in [0.1, 0.15) is 19.4 Å². The van der Waals surface area contributed by atoms with Gasteiger partial charge in [-0.3, -0.25) is 4.79 Å². The molecule has 19 heavy (non-hydrogen) atoms. The van der Waals surface area contributed by atoms with Crippen molar-refractivity contribution in [3.05, 3.63) is 28.8 Å². The molecule has 0 radical (unpaired) electrons. The molecule has 1 aromatic rings. The lowest BCUT2D eigenvalue weighted by molar-refractivity contribution is -0.113. The van der Waals surface area contributed by atoms with Gasteiger partial charge in [0.25, 0.3) is 0 Å². The zero-order valence-corrected chi connectivity index (χ0v) is 12.3. The average molecular weight is 299 g/mol. The molecule has 2 N–H and O–H groups in total. The van der Waals surface area contributed by atoms with E-state index in [-0.39, 0.29) is 16.9 Å². The Bertz CT molecular complexity index is 500. The smallest absolute Gasteiger partial charge is 0.234 e. The summed E-state index contributed by atoms with van der Waals surface area (Å²) in [5.74, 6) is 0.0854. The number of amides is 1. The van der Waals surface area contributed by atoms with Crippen LogP contribution in [0.15, 0.2) is 18.2 Å². The third-order valence-electron chi connectivity index (χ3n) is 2.53. The van der Waals surface area contributed by atoms with Crippen LogP contribution in [0.5, 0.6) is 0 Å². The van der Waals surface area contributed by atoms with Crippen LogP contribution < -0.4 is 5.32 Å². The van der Waals surface area contributed by atoms with Gasteiger partial charge in [-0.05, 0) is 25.1 Å². The van der Waals surface area contributed by atoms with Gasteiger partial charge in [-0.25, -0.2) is 0 Å². The minimum Gasteiger partial charge on any atom is -0.392 e. The second kappa shape index (κ2) is 7.39. The molecule has 0 fully saturated rings. The molecule has 0 bridgehead atoms. The standard InChI is InChI=1S/C13H15ClN2O2S/c1-8(17)9(2)19-7-13(18)16-11-4-3-10(6-15)12(14)5-11/h3-5,8-9,17H,7H2,1-2H3,(H,16,18). The van der Waals surface area contributed by atoms with Gasteiger partial charge in [-0.1, -0.05) is 18.5 Å². The Hall–Kier alpha value is -1.22. The van der Waals surface area contributed by atoms with Gasteiger partial charge in [0.05, 0.1) is 22.4 Å². The number of aliphatic hydroxyl groups excluding tert-OH is 1. The van der Waals surface area contributed by atoms with Crippen LogP contribution in [0.4, 0.5) is 5.69 Å². The fourth-order valence-electron chi connectivity index (χ4n) is 1.23. The topological polar surface area (TPSA) is 73.1 Å². The first-order chi connectivity index (χ1) is 8.93. The summed E-state index contributed by atoms with van der Waals surface area (Å²) in [7, 11) is 0. The molecule has 0 aliphatic rings. The number of nitrogens with zero attached hydrogens (tertiary/aromatic N) is 1. The Morgan fingerprint density at radius 2 is 2.26 bits per heavy atom. The number of aliphatic hydroxyl groups is 1. The molecule has 6 heteroatoms. The van der Waals surface area contributed by atoms with E-state index >= 15 is 0 Å². The molecule has 0 heterocycles. The van der Waals surface area contributed by atoms with Gasteiger partial charge in [0, 0.05) is 10.9 Å². The summed E-state index contributed by atoms with van der Waals surface area (Å²) >= 11 is 7.25. The number of carbonyl (C=O) groups excluding carboxylic acids is 1. The first-order valence-electron chi connectivity index (χ1n) is 5.73. The van der Waals surface area contributed by atoms with Crippen molar-refractivity contribution in [3.63, 3.8) is 0 Å². The van der Waals surface area contributed by atoms with Gasteiger partial charge in [0.1, 0.15) is 6.07 Å². The third-order valence-corrected chi connectivity index (χ3v) is 4.19. The Labute approximate surface area is 121 Å². The van der Waals surface area contributed by atoms with Gasteiger partial charge < -0.3 is 10.4 Å². The molecule has 2 atom stereocenters. The molecule has 4 nitrogen and oxygen atoms in total. The van der Waals surface area contributed by atoms with E-state index in [2.05, 4.69) is 5.32 Å². The summed E-state index contributed by atoms with van der Waals surface area (Å²) in [6, 6.07) is 6.68. The molecular formula is C13H15ClN2O2S. The van der Waals surface area contributed by atoms with Crippen LogP contribution in [0.2, 0.25) is 5.02 Å². The van der Waals surface area contributed by atoms with Gasteiger partial charge in [-0.2, -0.15) is 5.26 Å². The summed E-state index contributed by atoms with van der Waals surface area (Å²) in [6.45, 7) is 3.55. The van der Waals surface area contributed by atoms with Crippen LogP contribution in [0.3, 0.4) is 0 Å². The van der Waals surface area contributed by atoms with Crippen LogP contribution in [-0.2, 0) is 4.79 Å². The molecule has 0 saturated carbocycles. The summed E-state index contributed by atoms with van der Waals surface area (Å²) in [6.07, 6.45) is -0.456. The second-order valence-electron chi connectivity index (χ2n) is 4.11. The maximum absolute atomic E-state index is 11.7. The van der Waals surface area contributed by atoms with Crippen LogP contribution in [0.25, 0.3) is 0 Å². The van der Waals surface area contributed by atoms with E-state index in [0.29, 0.717) is 16.3 Å². The number of halogens is 1. The molecule has 0 saturated heterocycles. The van der Waals surface area contributed by atoms with Crippen molar-refractivity contribution < 1.29 is 9.90 Å². The molecule has 1 aromatic carbocycles. The highest BCUT2D eigenvalue weighted by Gasteiger charge is 2.12. The van der Waals surface area contributed by atoms with E-state index in [9.17, 15) is 9.90 Å². The van der Waals surface area contributed by atoms with Crippen molar-refractivity contribution in [2.45, 2.75) is 25.2 Å². The van der Waals surface area contributed by atoms with Crippen LogP contribution in [-0.4, -0.2) is 28.1 Å². The van der Waals surface area contributed by atoms with Crippen molar-refractivity contribution >= 4 is 35.0 Å². The molecule has 0 aliphatic carbocycles. The lowest BCUT2D eigenvalue weighted by atomic mass is 10.2. The summed E-state index contributed by atoms with van der Waals surface area (Å²) in [5, 5.41) is 21.1. The van der Waals surface area contributed by atoms with Crippen molar-refractivity contribution in [2.75, 3.05) is 11.1 Å². The van der Waals surface area contributed by atoms with E-state index in [1.807, 2.05) is 13.0 Å². The van der Waals surface area contributed by atoms with Crippen molar-refractivity contribution in [1.29, 1.82) is 5.26 Å². The maximum atomic E-state index is 11.7. The van der Waals surface area contributed by atoms with E-state index in [1.165, 1.54) is 11.8 Å². The molecule has 0 aliphatic heterocycles. The lowest BCUT2D eigenvalue weighted by Gasteiger charge is -2.13. The number of rotatable bonds is 5. The monoisotopic (exact) mass is 298 g/mol. The number of anilines is 1. The van der Waals surface area contributed by atoms with E-state index < -0.39 is 6.10 Å². The highest BCUT2D eigenvalue weighted by atomic mass is 35.5. The Balaban J connectivity index is 2.54. The predicted molar refractivity (Wildman–Crippen MR) is 78.4 cm³/mol. The number of nitriles is 1. The molecule has 0 aromatic heterocycles. The Kier molecular flexibility index (Phi) is 6.16. The number of thioether (sulfide) groups is 1. The van der Waals surface area contributed by atoms with Crippen molar-refractivity contribution in [3.8, 4) is 6.07 Å². The molecule has 0 spiro atoms. The van der Waals surface area contributed by atoms with Crippen LogP contribution in [0, 0.1) is 11.3 Å². The van der Waals surface area contributed by atoms with Gasteiger partial charge >= 0.3 is 0 Å². The summed E-state index contributed by atoms with van der Waals surface area (Å²) in [4.78, 5) is 11.7. The molecule has 2 unspecified atom stereocenters. The minimum absolute atomic E-state index is 0.00435. The highest BCUT2D eigenvalue weighted by molar-refractivity contribution is 8.00. The zero-order valence-electron chi connectivity index (χ0n) is 10.7. The normalized spacial score (nSPS) is 13.4. The number of carbonyl (C=O) groups is 1. The zero-order chi connectivity index (χ0) is 14.4. The summed E-state index contributed by atoms with van der Waals surface area (Å²) < 4.78 is 0. The molecular weight excluding hydrogens is 284 g/mol. The summed E-state index contributed by atoms with van der Waals surface area (Å²) in [5.41, 5.74) is 0.927. The number of nitrogens with one attached hydrogen (secondary N) is 1. The average Bonchev–Trinajstić information content (AvgIpc) is 2.36. The first kappa shape index (κ1) is 15.8. The van der Waals surface area contributed by atoms with Gasteiger partial charge in [-0.15, -0.1) is 11.8 Å². The van der Waals surface area contributed by atoms with Crippen LogP contribution >= 0.6 is 23.4 Å². The van der Waals surface area contributed by atoms with E-state index in [1.54, 1.807) is 25.1 Å². The van der Waals surface area contributed by atoms with Gasteiger partial charge in [0.2, 0.25) is 5.91 Å². The fraction of sp³-hybridized carbons (Fsp3) is 0.385. The number of hydrogen-bond donors (Lipinski definition) is 2. The molecule has 102 valence electrons. The second-order valence-corrected chi connectivity index (χ2v) is 5.88. The molecule has 1 amide bonds. The van der Waals surface area contributed by atoms with Crippen molar-refractivity contribution in [2.24, 2.45) is 0 Å². The largest absolute Gasteiger partial charge is 0.392 e. The quantitative estimate of drug-likeness (QED) is 0.876. The molecule has 1 rings (SSSR count). The fourth-order valence-corrected chi connectivity index (χ4v) is 2.21. The Morgan fingerprint density at radius 3 is 2.79 bits per heavy atom. The van der Waals surface area contributed by atoms with E-state index in [4.69, 9.17) is 16.9 Å².